The molecule has 0 bridgehead atoms. The maximum atomic E-state index is 12.5. The Kier molecular flexibility index (Phi) is 5.32. The van der Waals surface area contributed by atoms with Crippen molar-refractivity contribution in [3.8, 4) is 17.1 Å². The Balaban J connectivity index is 1.40. The van der Waals surface area contributed by atoms with Gasteiger partial charge in [-0.25, -0.2) is 4.68 Å². The van der Waals surface area contributed by atoms with Gasteiger partial charge in [-0.1, -0.05) is 24.3 Å². The van der Waals surface area contributed by atoms with Gasteiger partial charge in [0.15, 0.2) is 5.82 Å². The molecule has 0 aliphatic heterocycles. The van der Waals surface area contributed by atoms with E-state index in [1.54, 1.807) is 12.1 Å². The molecular weight excluding hydrogens is 382 g/mol. The van der Waals surface area contributed by atoms with E-state index in [0.717, 1.165) is 18.4 Å². The van der Waals surface area contributed by atoms with Crippen LogP contribution in [0.4, 0.5) is 20.2 Å². The first-order valence-electron chi connectivity index (χ1n) is 9.06. The molecule has 1 heterocycles. The Labute approximate surface area is 164 Å². The second kappa shape index (κ2) is 8.21. The van der Waals surface area contributed by atoms with Crippen molar-refractivity contribution < 1.29 is 18.3 Å². The number of para-hydroxylation sites is 2. The number of ether oxygens (including phenoxy) is 1. The van der Waals surface area contributed by atoms with Gasteiger partial charge in [0.2, 0.25) is 5.91 Å². The van der Waals surface area contributed by atoms with E-state index in [4.69, 9.17) is 0 Å². The van der Waals surface area contributed by atoms with Crippen molar-refractivity contribution in [2.24, 2.45) is 0 Å². The van der Waals surface area contributed by atoms with Gasteiger partial charge in [-0.05, 0) is 47.5 Å². The molecule has 1 aliphatic carbocycles. The molecule has 150 valence electrons. The van der Waals surface area contributed by atoms with Gasteiger partial charge in [-0.3, -0.25) is 4.79 Å². The number of rotatable bonds is 8. The van der Waals surface area contributed by atoms with Crippen molar-refractivity contribution in [3.05, 3.63) is 48.5 Å². The second-order valence-corrected chi connectivity index (χ2v) is 6.54. The van der Waals surface area contributed by atoms with Crippen LogP contribution in [-0.2, 0) is 4.79 Å². The normalized spacial score (nSPS) is 13.3. The summed E-state index contributed by atoms with van der Waals surface area (Å²) in [6, 6.07) is 13.8. The van der Waals surface area contributed by atoms with E-state index in [-0.39, 0.29) is 18.0 Å². The third kappa shape index (κ3) is 4.65. The van der Waals surface area contributed by atoms with E-state index < -0.39 is 12.5 Å². The number of tetrazole rings is 1. The molecule has 1 aliphatic rings. The number of anilines is 2. The number of carbonyl (C=O) groups is 1. The summed E-state index contributed by atoms with van der Waals surface area (Å²) in [6.45, 7) is -3.03. The Morgan fingerprint density at radius 2 is 2.03 bits per heavy atom. The molecule has 8 nitrogen and oxygen atoms in total. The first-order chi connectivity index (χ1) is 14.1. The highest BCUT2D eigenvalue weighted by Gasteiger charge is 2.28. The van der Waals surface area contributed by atoms with Gasteiger partial charge >= 0.3 is 6.61 Å². The summed E-state index contributed by atoms with van der Waals surface area (Å²) < 4.78 is 31.2. The summed E-state index contributed by atoms with van der Waals surface area (Å²) in [5, 5.41) is 17.5. The van der Waals surface area contributed by atoms with Crippen LogP contribution in [0.1, 0.15) is 18.9 Å². The van der Waals surface area contributed by atoms with Crippen LogP contribution >= 0.6 is 0 Å². The molecule has 3 aromatic rings. The molecule has 0 unspecified atom stereocenters. The van der Waals surface area contributed by atoms with Crippen molar-refractivity contribution in [3.63, 3.8) is 0 Å². The SMILES string of the molecule is O=C(CNc1cccc(-c2nnnn2C2CC2)c1)Nc1ccccc1OC(F)F. The standard InChI is InChI=1S/C19H18F2N6O2/c20-19(21)29-16-7-2-1-6-15(16)23-17(28)11-22-13-5-3-4-12(10-13)18-24-25-26-27(18)14-8-9-14/h1-7,10,14,19,22H,8-9,11H2,(H,23,28). The molecule has 29 heavy (non-hydrogen) atoms. The first kappa shape index (κ1) is 18.8. The van der Waals surface area contributed by atoms with E-state index in [0.29, 0.717) is 17.6 Å². The second-order valence-electron chi connectivity index (χ2n) is 6.54. The van der Waals surface area contributed by atoms with E-state index in [2.05, 4.69) is 30.9 Å². The number of alkyl halides is 2. The fraction of sp³-hybridized carbons (Fsp3) is 0.263. The first-order valence-corrected chi connectivity index (χ1v) is 9.06. The third-order valence-corrected chi connectivity index (χ3v) is 4.34. The van der Waals surface area contributed by atoms with Crippen molar-refractivity contribution in [1.29, 1.82) is 0 Å². The molecule has 0 radical (unpaired) electrons. The van der Waals surface area contributed by atoms with Gasteiger partial charge in [0.1, 0.15) is 5.75 Å². The minimum atomic E-state index is -2.97. The topological polar surface area (TPSA) is 94.0 Å². The average molecular weight is 400 g/mol. The van der Waals surface area contributed by atoms with Crippen molar-refractivity contribution in [1.82, 2.24) is 20.2 Å². The molecule has 10 heteroatoms. The lowest BCUT2D eigenvalue weighted by atomic mass is 10.2. The molecule has 0 saturated heterocycles. The lowest BCUT2D eigenvalue weighted by Crippen LogP contribution is -2.22. The highest BCUT2D eigenvalue weighted by Crippen LogP contribution is 2.36. The van der Waals surface area contributed by atoms with Crippen LogP contribution in [0.25, 0.3) is 11.4 Å². The summed E-state index contributed by atoms with van der Waals surface area (Å²) in [5.41, 5.74) is 1.72. The number of nitrogens with one attached hydrogen (secondary N) is 2. The fourth-order valence-corrected chi connectivity index (χ4v) is 2.86. The Morgan fingerprint density at radius 3 is 2.83 bits per heavy atom. The predicted octanol–water partition coefficient (Wildman–Crippen LogP) is 3.33. The lowest BCUT2D eigenvalue weighted by Gasteiger charge is -2.12. The van der Waals surface area contributed by atoms with Crippen LogP contribution in [-0.4, -0.2) is 39.3 Å². The van der Waals surface area contributed by atoms with Crippen molar-refractivity contribution >= 4 is 17.3 Å². The number of hydrogen-bond acceptors (Lipinski definition) is 6. The smallest absolute Gasteiger partial charge is 0.387 e. The zero-order chi connectivity index (χ0) is 20.2. The van der Waals surface area contributed by atoms with Crippen LogP contribution in [0.15, 0.2) is 48.5 Å². The van der Waals surface area contributed by atoms with Gasteiger partial charge in [-0.2, -0.15) is 8.78 Å². The van der Waals surface area contributed by atoms with E-state index in [9.17, 15) is 13.6 Å². The molecule has 1 aromatic heterocycles. The summed E-state index contributed by atoms with van der Waals surface area (Å²) >= 11 is 0. The third-order valence-electron chi connectivity index (χ3n) is 4.34. The number of halogens is 2. The number of amides is 1. The van der Waals surface area contributed by atoms with Gasteiger partial charge in [-0.15, -0.1) is 5.10 Å². The molecule has 1 fully saturated rings. The molecule has 2 aromatic carbocycles. The summed E-state index contributed by atoms with van der Waals surface area (Å²) in [6.07, 6.45) is 2.12. The molecule has 0 spiro atoms. The molecule has 1 saturated carbocycles. The molecule has 0 atom stereocenters. The number of benzene rings is 2. The Morgan fingerprint density at radius 1 is 1.21 bits per heavy atom. The Bertz CT molecular complexity index is 1010. The maximum absolute atomic E-state index is 12.5. The summed E-state index contributed by atoms with van der Waals surface area (Å²) in [5.74, 6) is 0.187. The molecule has 2 N–H and O–H groups in total. The van der Waals surface area contributed by atoms with Crippen LogP contribution in [0.5, 0.6) is 5.75 Å². The Hall–Kier alpha value is -3.56. The van der Waals surface area contributed by atoms with Crippen LogP contribution in [0, 0.1) is 0 Å². The number of carbonyl (C=O) groups excluding carboxylic acids is 1. The molecule has 4 rings (SSSR count). The van der Waals surface area contributed by atoms with Gasteiger partial charge in [0.25, 0.3) is 0 Å². The maximum Gasteiger partial charge on any atom is 0.387 e. The zero-order valence-corrected chi connectivity index (χ0v) is 15.3. The summed E-state index contributed by atoms with van der Waals surface area (Å²) in [4.78, 5) is 12.2. The molecule has 1 amide bonds. The van der Waals surface area contributed by atoms with E-state index in [1.165, 1.54) is 12.1 Å². The highest BCUT2D eigenvalue weighted by atomic mass is 19.3. The summed E-state index contributed by atoms with van der Waals surface area (Å²) in [7, 11) is 0. The number of hydrogen-bond donors (Lipinski definition) is 2. The van der Waals surface area contributed by atoms with Gasteiger partial charge in [0.05, 0.1) is 18.3 Å². The van der Waals surface area contributed by atoms with Gasteiger partial charge in [0, 0.05) is 11.3 Å². The largest absolute Gasteiger partial charge is 0.433 e. The van der Waals surface area contributed by atoms with Crippen molar-refractivity contribution in [2.75, 3.05) is 17.2 Å². The van der Waals surface area contributed by atoms with E-state index in [1.807, 2.05) is 28.9 Å². The average Bonchev–Trinajstić information content (AvgIpc) is 3.44. The van der Waals surface area contributed by atoms with E-state index >= 15 is 0 Å². The number of nitrogens with zero attached hydrogens (tertiary/aromatic N) is 4. The van der Waals surface area contributed by atoms with Crippen molar-refractivity contribution in [2.45, 2.75) is 25.5 Å². The van der Waals surface area contributed by atoms with Gasteiger partial charge < -0.3 is 15.4 Å². The van der Waals surface area contributed by atoms with Crippen LogP contribution in [0.3, 0.4) is 0 Å². The lowest BCUT2D eigenvalue weighted by molar-refractivity contribution is -0.114. The zero-order valence-electron chi connectivity index (χ0n) is 15.3. The quantitative estimate of drug-likeness (QED) is 0.602. The number of aromatic nitrogens is 4. The van der Waals surface area contributed by atoms with Crippen LogP contribution < -0.4 is 15.4 Å². The van der Waals surface area contributed by atoms with Crippen LogP contribution in [0.2, 0.25) is 0 Å². The predicted molar refractivity (Wildman–Crippen MR) is 102 cm³/mol. The highest BCUT2D eigenvalue weighted by molar-refractivity contribution is 5.95. The minimum absolute atomic E-state index is 0.0555. The molecular formula is C19H18F2N6O2. The fourth-order valence-electron chi connectivity index (χ4n) is 2.86. The monoisotopic (exact) mass is 400 g/mol. The minimum Gasteiger partial charge on any atom is -0.433 e.